The third kappa shape index (κ3) is 5.11. The van der Waals surface area contributed by atoms with Crippen molar-refractivity contribution in [1.29, 1.82) is 0 Å². The van der Waals surface area contributed by atoms with Gasteiger partial charge in [-0.15, -0.1) is 0 Å². The summed E-state index contributed by atoms with van der Waals surface area (Å²) in [6, 6.07) is 11.4. The van der Waals surface area contributed by atoms with Crippen molar-refractivity contribution in [1.82, 2.24) is 20.3 Å². The molecule has 0 saturated heterocycles. The molecule has 0 spiro atoms. The summed E-state index contributed by atoms with van der Waals surface area (Å²) in [5, 5.41) is 6.23. The highest BCUT2D eigenvalue weighted by atomic mass is 16.1. The van der Waals surface area contributed by atoms with E-state index in [9.17, 15) is 9.59 Å². The van der Waals surface area contributed by atoms with Gasteiger partial charge in [0, 0.05) is 41.2 Å². The van der Waals surface area contributed by atoms with Crippen LogP contribution in [0.2, 0.25) is 0 Å². The van der Waals surface area contributed by atoms with E-state index in [2.05, 4.69) is 25.6 Å². The third-order valence-electron chi connectivity index (χ3n) is 5.08. The van der Waals surface area contributed by atoms with E-state index in [-0.39, 0.29) is 17.5 Å². The Hall–Kier alpha value is -3.48. The Kier molecular flexibility index (Phi) is 6.61. The number of anilines is 1. The first-order valence-electron chi connectivity index (χ1n) is 10.0. The molecular weight excluding hydrogens is 378 g/mol. The molecule has 0 aliphatic rings. The predicted molar refractivity (Wildman–Crippen MR) is 119 cm³/mol. The van der Waals surface area contributed by atoms with Crippen LogP contribution in [0.4, 0.5) is 5.82 Å². The van der Waals surface area contributed by atoms with Gasteiger partial charge in [0.05, 0.1) is 0 Å². The van der Waals surface area contributed by atoms with Crippen LogP contribution >= 0.6 is 0 Å². The van der Waals surface area contributed by atoms with Crippen LogP contribution in [0.5, 0.6) is 0 Å². The molecule has 156 valence electrons. The molecule has 0 aliphatic carbocycles. The lowest BCUT2D eigenvalue weighted by molar-refractivity contribution is 0.0939. The number of amides is 1. The van der Waals surface area contributed by atoms with Gasteiger partial charge in [-0.25, -0.2) is 9.97 Å². The summed E-state index contributed by atoms with van der Waals surface area (Å²) in [6.07, 6.45) is 2.56. The smallest absolute Gasteiger partial charge is 0.254 e. The lowest BCUT2D eigenvalue weighted by atomic mass is 10.1. The van der Waals surface area contributed by atoms with Gasteiger partial charge in [0.25, 0.3) is 11.5 Å². The zero-order chi connectivity index (χ0) is 21.7. The van der Waals surface area contributed by atoms with E-state index in [0.717, 1.165) is 17.5 Å². The number of carbonyl (C=O) groups is 1. The molecule has 0 saturated carbocycles. The van der Waals surface area contributed by atoms with Crippen molar-refractivity contribution in [3.8, 4) is 11.4 Å². The highest BCUT2D eigenvalue weighted by molar-refractivity contribution is 5.94. The largest absolute Gasteiger partial charge is 0.366 e. The minimum absolute atomic E-state index is 0.0661. The second kappa shape index (κ2) is 9.35. The fourth-order valence-electron chi connectivity index (χ4n) is 2.84. The SMILES string of the molecule is CCC(C)NC(=O)c1cccc(CNc2ccc(-c3nc(C)c(C)c(=O)[nH]3)cn2)c1. The first kappa shape index (κ1) is 21.2. The topological polar surface area (TPSA) is 99.8 Å². The molecule has 1 atom stereocenters. The number of rotatable bonds is 7. The summed E-state index contributed by atoms with van der Waals surface area (Å²) >= 11 is 0. The molecule has 1 amide bonds. The van der Waals surface area contributed by atoms with Crippen molar-refractivity contribution >= 4 is 11.7 Å². The Bertz CT molecular complexity index is 1090. The van der Waals surface area contributed by atoms with Gasteiger partial charge < -0.3 is 15.6 Å². The number of nitrogens with one attached hydrogen (secondary N) is 3. The molecular formula is C23H27N5O2. The summed E-state index contributed by atoms with van der Waals surface area (Å²) < 4.78 is 0. The number of benzene rings is 1. The Morgan fingerprint density at radius 1 is 1.20 bits per heavy atom. The second-order valence-corrected chi connectivity index (χ2v) is 7.39. The first-order valence-corrected chi connectivity index (χ1v) is 10.0. The Balaban J connectivity index is 1.66. The number of carbonyl (C=O) groups excluding carboxylic acids is 1. The van der Waals surface area contributed by atoms with Crippen LogP contribution in [-0.4, -0.2) is 26.9 Å². The monoisotopic (exact) mass is 405 g/mol. The number of hydrogen-bond acceptors (Lipinski definition) is 5. The number of hydrogen-bond donors (Lipinski definition) is 3. The predicted octanol–water partition coefficient (Wildman–Crippen LogP) is 3.59. The van der Waals surface area contributed by atoms with Crippen LogP contribution < -0.4 is 16.2 Å². The lowest BCUT2D eigenvalue weighted by Crippen LogP contribution is -2.31. The van der Waals surface area contributed by atoms with E-state index in [0.29, 0.717) is 35.0 Å². The highest BCUT2D eigenvalue weighted by Gasteiger charge is 2.09. The van der Waals surface area contributed by atoms with Crippen molar-refractivity contribution in [3.05, 3.63) is 75.3 Å². The summed E-state index contributed by atoms with van der Waals surface area (Å²) in [7, 11) is 0. The van der Waals surface area contributed by atoms with Gasteiger partial charge in [-0.3, -0.25) is 9.59 Å². The lowest BCUT2D eigenvalue weighted by Gasteiger charge is -2.12. The fourth-order valence-corrected chi connectivity index (χ4v) is 2.84. The number of nitrogens with zero attached hydrogens (tertiary/aromatic N) is 2. The van der Waals surface area contributed by atoms with Crippen molar-refractivity contribution in [2.75, 3.05) is 5.32 Å². The molecule has 3 rings (SSSR count). The third-order valence-corrected chi connectivity index (χ3v) is 5.08. The molecule has 7 nitrogen and oxygen atoms in total. The van der Waals surface area contributed by atoms with Gasteiger partial charge in [0.2, 0.25) is 0 Å². The van der Waals surface area contributed by atoms with Gasteiger partial charge in [-0.05, 0) is 57.0 Å². The van der Waals surface area contributed by atoms with Gasteiger partial charge in [-0.1, -0.05) is 19.1 Å². The number of aromatic amines is 1. The molecule has 1 aromatic carbocycles. The van der Waals surface area contributed by atoms with Crippen molar-refractivity contribution in [2.45, 2.75) is 46.7 Å². The minimum atomic E-state index is -0.142. The van der Waals surface area contributed by atoms with Crippen LogP contribution in [0.1, 0.15) is 47.4 Å². The van der Waals surface area contributed by atoms with Gasteiger partial charge in [0.15, 0.2) is 0 Å². The van der Waals surface area contributed by atoms with Crippen LogP contribution in [0, 0.1) is 13.8 Å². The summed E-state index contributed by atoms with van der Waals surface area (Å²) in [6.45, 7) is 8.13. The minimum Gasteiger partial charge on any atom is -0.366 e. The molecule has 0 aliphatic heterocycles. The quantitative estimate of drug-likeness (QED) is 0.558. The highest BCUT2D eigenvalue weighted by Crippen LogP contribution is 2.16. The average molecular weight is 406 g/mol. The molecule has 7 heteroatoms. The normalized spacial score (nSPS) is 11.7. The van der Waals surface area contributed by atoms with E-state index >= 15 is 0 Å². The number of pyridine rings is 1. The van der Waals surface area contributed by atoms with Gasteiger partial charge in [-0.2, -0.15) is 0 Å². The molecule has 3 N–H and O–H groups in total. The fraction of sp³-hybridized carbons (Fsp3) is 0.304. The van der Waals surface area contributed by atoms with Gasteiger partial charge in [0.1, 0.15) is 11.6 Å². The number of H-pyrrole nitrogens is 1. The summed E-state index contributed by atoms with van der Waals surface area (Å²) in [4.78, 5) is 35.9. The van der Waals surface area contributed by atoms with Crippen LogP contribution in [0.3, 0.4) is 0 Å². The van der Waals surface area contributed by atoms with Crippen LogP contribution in [-0.2, 0) is 6.54 Å². The molecule has 2 aromatic heterocycles. The van der Waals surface area contributed by atoms with E-state index < -0.39 is 0 Å². The number of aryl methyl sites for hydroxylation is 1. The van der Waals surface area contributed by atoms with Gasteiger partial charge >= 0.3 is 0 Å². The van der Waals surface area contributed by atoms with Crippen LogP contribution in [0.25, 0.3) is 11.4 Å². The standard InChI is InChI=1S/C23H27N5O2/c1-5-14(2)26-23(30)18-8-6-7-17(11-18)12-24-20-10-9-19(13-25-20)21-27-16(4)15(3)22(29)28-21/h6-11,13-14H,5,12H2,1-4H3,(H,24,25)(H,26,30)(H,27,28,29). The Labute approximate surface area is 176 Å². The molecule has 1 unspecified atom stereocenters. The van der Waals surface area contributed by atoms with E-state index in [4.69, 9.17) is 0 Å². The molecule has 3 aromatic rings. The maximum atomic E-state index is 12.3. The zero-order valence-corrected chi connectivity index (χ0v) is 17.7. The number of aromatic nitrogens is 3. The maximum Gasteiger partial charge on any atom is 0.254 e. The summed E-state index contributed by atoms with van der Waals surface area (Å²) in [5.41, 5.74) is 3.54. The van der Waals surface area contributed by atoms with Crippen LogP contribution in [0.15, 0.2) is 47.4 Å². The Morgan fingerprint density at radius 3 is 2.67 bits per heavy atom. The van der Waals surface area contributed by atoms with Crippen molar-refractivity contribution < 1.29 is 4.79 Å². The van der Waals surface area contributed by atoms with E-state index in [1.54, 1.807) is 13.1 Å². The summed E-state index contributed by atoms with van der Waals surface area (Å²) in [5.74, 6) is 1.13. The van der Waals surface area contributed by atoms with E-state index in [1.807, 2.05) is 57.2 Å². The maximum absolute atomic E-state index is 12.3. The van der Waals surface area contributed by atoms with E-state index in [1.165, 1.54) is 0 Å². The molecule has 30 heavy (non-hydrogen) atoms. The Morgan fingerprint density at radius 2 is 2.00 bits per heavy atom. The zero-order valence-electron chi connectivity index (χ0n) is 17.7. The molecule has 0 bridgehead atoms. The molecule has 2 heterocycles. The second-order valence-electron chi connectivity index (χ2n) is 7.39. The average Bonchev–Trinajstić information content (AvgIpc) is 2.76. The molecule has 0 fully saturated rings. The molecule has 0 radical (unpaired) electrons. The van der Waals surface area contributed by atoms with Crippen molar-refractivity contribution in [2.24, 2.45) is 0 Å². The van der Waals surface area contributed by atoms with Crippen molar-refractivity contribution in [3.63, 3.8) is 0 Å². The first-order chi connectivity index (χ1) is 14.4.